The molecule has 3 heterocycles. The molecule has 1 atom stereocenters. The van der Waals surface area contributed by atoms with E-state index in [0.29, 0.717) is 34.9 Å². The Morgan fingerprint density at radius 1 is 1.44 bits per heavy atom. The van der Waals surface area contributed by atoms with Gasteiger partial charge < -0.3 is 5.32 Å². The van der Waals surface area contributed by atoms with Crippen LogP contribution in [-0.2, 0) is 4.79 Å². The molecule has 0 radical (unpaired) electrons. The van der Waals surface area contributed by atoms with Crippen molar-refractivity contribution in [3.8, 4) is 0 Å². The Hall–Kier alpha value is -2.09. The molecule has 0 bridgehead atoms. The second kappa shape index (κ2) is 7.03. The fourth-order valence-electron chi connectivity index (χ4n) is 3.49. The summed E-state index contributed by atoms with van der Waals surface area (Å²) in [6.45, 7) is 0.672. The lowest BCUT2D eigenvalue weighted by Crippen LogP contribution is -2.31. The minimum Gasteiger partial charge on any atom is -0.356 e. The van der Waals surface area contributed by atoms with Crippen molar-refractivity contribution in [1.82, 2.24) is 25.1 Å². The van der Waals surface area contributed by atoms with E-state index in [1.165, 1.54) is 36.4 Å². The van der Waals surface area contributed by atoms with E-state index in [4.69, 9.17) is 0 Å². The summed E-state index contributed by atoms with van der Waals surface area (Å²) in [5.41, 5.74) is 1.84. The van der Waals surface area contributed by atoms with Gasteiger partial charge in [-0.1, -0.05) is 23.4 Å². The molecule has 1 aliphatic heterocycles. The Bertz CT molecular complexity index is 885. The van der Waals surface area contributed by atoms with E-state index in [2.05, 4.69) is 26.6 Å². The van der Waals surface area contributed by atoms with E-state index in [1.54, 1.807) is 4.57 Å². The van der Waals surface area contributed by atoms with Crippen molar-refractivity contribution < 1.29 is 4.79 Å². The third-order valence-corrected chi connectivity index (χ3v) is 5.92. The maximum Gasteiger partial charge on any atom is 0.265 e. The molecule has 2 aromatic rings. The predicted molar refractivity (Wildman–Crippen MR) is 96.7 cm³/mol. The number of hydrogen-bond donors (Lipinski definition) is 2. The molecule has 0 aromatic carbocycles. The molecule has 4 rings (SSSR count). The average molecular weight is 359 g/mol. The van der Waals surface area contributed by atoms with Crippen LogP contribution in [0.3, 0.4) is 0 Å². The van der Waals surface area contributed by atoms with Crippen molar-refractivity contribution in [3.63, 3.8) is 0 Å². The number of hydrogen-bond acceptors (Lipinski definition) is 5. The van der Waals surface area contributed by atoms with Gasteiger partial charge in [-0.25, -0.2) is 4.98 Å². The summed E-state index contributed by atoms with van der Waals surface area (Å²) in [4.78, 5) is 29.3. The first kappa shape index (κ1) is 16.4. The summed E-state index contributed by atoms with van der Waals surface area (Å²) >= 11 is 1.51. The summed E-state index contributed by atoms with van der Waals surface area (Å²) in [5, 5.41) is 10.7. The zero-order valence-electron chi connectivity index (χ0n) is 14.0. The number of nitrogens with zero attached hydrogens (tertiary/aromatic N) is 3. The van der Waals surface area contributed by atoms with Crippen LogP contribution in [0.4, 0.5) is 0 Å². The summed E-state index contributed by atoms with van der Waals surface area (Å²) in [6, 6.07) is -0.145. The normalized spacial score (nSPS) is 19.7. The van der Waals surface area contributed by atoms with Gasteiger partial charge in [-0.15, -0.1) is 0 Å². The Morgan fingerprint density at radius 2 is 2.36 bits per heavy atom. The third-order valence-electron chi connectivity index (χ3n) is 4.83. The van der Waals surface area contributed by atoms with Crippen LogP contribution in [-0.4, -0.2) is 38.0 Å². The van der Waals surface area contributed by atoms with Gasteiger partial charge >= 0.3 is 0 Å². The van der Waals surface area contributed by atoms with Crippen molar-refractivity contribution in [3.05, 3.63) is 28.2 Å². The number of fused-ring (bicyclic) bond motifs is 2. The number of aromatic amines is 1. The smallest absolute Gasteiger partial charge is 0.265 e. The van der Waals surface area contributed by atoms with Crippen LogP contribution >= 0.6 is 11.8 Å². The van der Waals surface area contributed by atoms with Crippen LogP contribution < -0.4 is 10.9 Å². The number of allylic oxidation sites excluding steroid dienone is 1. The standard InChI is InChI=1S/C17H21N5O2S/c23-14(18-7-6-11-4-2-1-3-5-11)8-12-10-25-17-20-15-13(9-19-21-15)16(24)22(12)17/h4,9,12H,1-3,5-8,10H2,(H,18,23)(H,19,21). The summed E-state index contributed by atoms with van der Waals surface area (Å²) in [7, 11) is 0. The van der Waals surface area contributed by atoms with Gasteiger partial charge in [0.15, 0.2) is 10.8 Å². The monoisotopic (exact) mass is 359 g/mol. The molecular formula is C17H21N5O2S. The molecule has 7 nitrogen and oxygen atoms in total. The topological polar surface area (TPSA) is 92.7 Å². The largest absolute Gasteiger partial charge is 0.356 e. The molecule has 2 N–H and O–H groups in total. The van der Waals surface area contributed by atoms with E-state index in [9.17, 15) is 9.59 Å². The zero-order chi connectivity index (χ0) is 17.2. The molecule has 2 aromatic heterocycles. The number of H-pyrrole nitrogens is 1. The molecule has 0 saturated carbocycles. The van der Waals surface area contributed by atoms with Gasteiger partial charge in [0.1, 0.15) is 5.39 Å². The summed E-state index contributed by atoms with van der Waals surface area (Å²) < 4.78 is 1.64. The molecule has 0 saturated heterocycles. The van der Waals surface area contributed by atoms with E-state index < -0.39 is 0 Å². The first-order valence-electron chi connectivity index (χ1n) is 8.75. The van der Waals surface area contributed by atoms with Crippen LogP contribution in [0.2, 0.25) is 0 Å². The van der Waals surface area contributed by atoms with Gasteiger partial charge in [-0.3, -0.25) is 19.3 Å². The highest BCUT2D eigenvalue weighted by Gasteiger charge is 2.28. The Kier molecular flexibility index (Phi) is 4.61. The highest BCUT2D eigenvalue weighted by Crippen LogP contribution is 2.32. The van der Waals surface area contributed by atoms with Gasteiger partial charge in [-0.2, -0.15) is 5.10 Å². The SMILES string of the molecule is O=C(CC1CSc2nc3[nH]ncc3c(=O)n21)NCCC1=CCCCC1. The maximum absolute atomic E-state index is 12.6. The molecule has 8 heteroatoms. The van der Waals surface area contributed by atoms with E-state index >= 15 is 0 Å². The zero-order valence-corrected chi connectivity index (χ0v) is 14.8. The second-order valence-electron chi connectivity index (χ2n) is 6.58. The van der Waals surface area contributed by atoms with Crippen LogP contribution in [0.25, 0.3) is 11.0 Å². The number of thioether (sulfide) groups is 1. The molecule has 132 valence electrons. The van der Waals surface area contributed by atoms with E-state index in [-0.39, 0.29) is 17.5 Å². The highest BCUT2D eigenvalue weighted by atomic mass is 32.2. The molecule has 0 spiro atoms. The van der Waals surface area contributed by atoms with Crippen molar-refractivity contribution in [2.24, 2.45) is 0 Å². The number of rotatable bonds is 5. The Labute approximate surface area is 149 Å². The molecule has 2 aliphatic rings. The van der Waals surface area contributed by atoms with Gasteiger partial charge in [0.25, 0.3) is 5.56 Å². The van der Waals surface area contributed by atoms with Gasteiger partial charge in [-0.05, 0) is 32.1 Å². The van der Waals surface area contributed by atoms with E-state index in [0.717, 1.165) is 19.3 Å². The Balaban J connectivity index is 1.38. The number of aromatic nitrogens is 4. The van der Waals surface area contributed by atoms with Crippen LogP contribution in [0.5, 0.6) is 0 Å². The first-order valence-corrected chi connectivity index (χ1v) is 9.74. The van der Waals surface area contributed by atoms with Gasteiger partial charge in [0.2, 0.25) is 5.91 Å². The Morgan fingerprint density at radius 3 is 3.20 bits per heavy atom. The van der Waals surface area contributed by atoms with Gasteiger partial charge in [0, 0.05) is 18.7 Å². The molecule has 1 aliphatic carbocycles. The minimum atomic E-state index is -0.145. The van der Waals surface area contributed by atoms with Crippen molar-refractivity contribution in [2.75, 3.05) is 12.3 Å². The lowest BCUT2D eigenvalue weighted by atomic mass is 9.97. The quantitative estimate of drug-likeness (QED) is 0.630. The van der Waals surface area contributed by atoms with Crippen molar-refractivity contribution in [1.29, 1.82) is 0 Å². The van der Waals surface area contributed by atoms with Crippen molar-refractivity contribution in [2.45, 2.75) is 49.7 Å². The van der Waals surface area contributed by atoms with Crippen LogP contribution in [0.15, 0.2) is 27.8 Å². The lowest BCUT2D eigenvalue weighted by molar-refractivity contribution is -0.121. The fourth-order valence-corrected chi connectivity index (χ4v) is 4.62. The fraction of sp³-hybridized carbons (Fsp3) is 0.529. The number of nitrogens with one attached hydrogen (secondary N) is 2. The minimum absolute atomic E-state index is 0.00551. The molecule has 1 amide bonds. The van der Waals surface area contributed by atoms with Crippen molar-refractivity contribution >= 4 is 28.7 Å². The number of carbonyl (C=O) groups excluding carboxylic acids is 1. The number of carbonyl (C=O) groups is 1. The average Bonchev–Trinajstić information content (AvgIpc) is 3.24. The molecule has 25 heavy (non-hydrogen) atoms. The second-order valence-corrected chi connectivity index (χ2v) is 7.57. The molecule has 0 fully saturated rings. The van der Waals surface area contributed by atoms with Crippen LogP contribution in [0.1, 0.15) is 44.6 Å². The predicted octanol–water partition coefficient (Wildman–Crippen LogP) is 2.16. The third kappa shape index (κ3) is 3.35. The molecule has 1 unspecified atom stereocenters. The lowest BCUT2D eigenvalue weighted by Gasteiger charge is -2.15. The van der Waals surface area contributed by atoms with Gasteiger partial charge in [0.05, 0.1) is 12.2 Å². The highest BCUT2D eigenvalue weighted by molar-refractivity contribution is 7.99. The summed E-state index contributed by atoms with van der Waals surface area (Å²) in [6.07, 6.45) is 9.90. The number of amides is 1. The first-order chi connectivity index (χ1) is 12.2. The molecular weight excluding hydrogens is 338 g/mol. The van der Waals surface area contributed by atoms with E-state index in [1.807, 2.05) is 0 Å². The summed E-state index contributed by atoms with van der Waals surface area (Å²) in [5.74, 6) is 0.690. The van der Waals surface area contributed by atoms with Crippen LogP contribution in [0, 0.1) is 0 Å². The maximum atomic E-state index is 12.6.